The fourth-order valence-electron chi connectivity index (χ4n) is 1.40. The first-order valence-corrected chi connectivity index (χ1v) is 6.40. The molecular weight excluding hydrogens is 250 g/mol. The highest BCUT2D eigenvalue weighted by Gasteiger charge is 2.21. The fraction of sp³-hybridized carbons (Fsp3) is 0.538. The molecule has 0 heterocycles. The van der Waals surface area contributed by atoms with Crippen LogP contribution in [0.15, 0.2) is 24.3 Å². The summed E-state index contributed by atoms with van der Waals surface area (Å²) in [5.74, 6) is 0. The van der Waals surface area contributed by atoms with E-state index in [0.29, 0.717) is 0 Å². The summed E-state index contributed by atoms with van der Waals surface area (Å²) in [6.07, 6.45) is 0. The van der Waals surface area contributed by atoms with Crippen LogP contribution < -0.4 is 0 Å². The average molecular weight is 270 g/mol. The van der Waals surface area contributed by atoms with Crippen molar-refractivity contribution in [3.63, 3.8) is 0 Å². The molecular formula is C13H20BrN. The van der Waals surface area contributed by atoms with Crippen LogP contribution in [0.5, 0.6) is 0 Å². The Kier molecular flexibility index (Phi) is 4.35. The van der Waals surface area contributed by atoms with E-state index in [-0.39, 0.29) is 5.54 Å². The lowest BCUT2D eigenvalue weighted by atomic mass is 10.0. The number of aryl methyl sites for hydroxylation is 1. The maximum atomic E-state index is 3.56. The highest BCUT2D eigenvalue weighted by atomic mass is 79.9. The highest BCUT2D eigenvalue weighted by Crippen LogP contribution is 2.18. The van der Waals surface area contributed by atoms with Crippen molar-refractivity contribution in [1.29, 1.82) is 0 Å². The van der Waals surface area contributed by atoms with E-state index in [1.54, 1.807) is 0 Å². The van der Waals surface area contributed by atoms with Crippen molar-refractivity contribution in [3.05, 3.63) is 35.4 Å². The van der Waals surface area contributed by atoms with Gasteiger partial charge in [-0.25, -0.2) is 0 Å². The first-order valence-electron chi connectivity index (χ1n) is 5.28. The third kappa shape index (κ3) is 3.62. The molecule has 0 aliphatic carbocycles. The van der Waals surface area contributed by atoms with Gasteiger partial charge in [0.05, 0.1) is 0 Å². The van der Waals surface area contributed by atoms with Crippen LogP contribution in [0.3, 0.4) is 0 Å². The molecule has 0 saturated carbocycles. The molecule has 0 fully saturated rings. The summed E-state index contributed by atoms with van der Waals surface area (Å²) in [4.78, 5) is 2.37. The maximum Gasteiger partial charge on any atom is 0.0250 e. The molecule has 0 radical (unpaired) electrons. The summed E-state index contributed by atoms with van der Waals surface area (Å²) in [6, 6.07) is 8.70. The fourth-order valence-corrected chi connectivity index (χ4v) is 1.83. The summed E-state index contributed by atoms with van der Waals surface area (Å²) in [5, 5.41) is 0.988. The van der Waals surface area contributed by atoms with Gasteiger partial charge in [0.1, 0.15) is 0 Å². The molecule has 84 valence electrons. The lowest BCUT2D eigenvalue weighted by Gasteiger charge is -2.34. The van der Waals surface area contributed by atoms with Gasteiger partial charge in [-0.05, 0) is 33.4 Å². The summed E-state index contributed by atoms with van der Waals surface area (Å²) in [7, 11) is 2.17. The zero-order valence-corrected chi connectivity index (χ0v) is 11.6. The monoisotopic (exact) mass is 269 g/mol. The summed E-state index contributed by atoms with van der Waals surface area (Å²) < 4.78 is 0. The van der Waals surface area contributed by atoms with Crippen LogP contribution in [-0.2, 0) is 6.54 Å². The predicted molar refractivity (Wildman–Crippen MR) is 70.5 cm³/mol. The van der Waals surface area contributed by atoms with Crippen molar-refractivity contribution in [3.8, 4) is 0 Å². The van der Waals surface area contributed by atoms with E-state index in [4.69, 9.17) is 0 Å². The molecule has 0 amide bonds. The molecule has 0 saturated heterocycles. The Bertz CT molecular complexity index is 320. The SMILES string of the molecule is Cc1cccc(CN(C)C(C)(C)CBr)c1. The molecule has 0 bridgehead atoms. The molecule has 0 aliphatic heterocycles. The number of nitrogens with zero attached hydrogens (tertiary/aromatic N) is 1. The molecule has 0 unspecified atom stereocenters. The van der Waals surface area contributed by atoms with Crippen molar-refractivity contribution < 1.29 is 0 Å². The summed E-state index contributed by atoms with van der Waals surface area (Å²) in [5.41, 5.74) is 2.91. The molecule has 1 aromatic carbocycles. The van der Waals surface area contributed by atoms with Gasteiger partial charge in [-0.15, -0.1) is 0 Å². The van der Waals surface area contributed by atoms with Crippen LogP contribution in [0.1, 0.15) is 25.0 Å². The minimum absolute atomic E-state index is 0.198. The van der Waals surface area contributed by atoms with E-state index in [1.807, 2.05) is 0 Å². The van der Waals surface area contributed by atoms with E-state index in [0.717, 1.165) is 11.9 Å². The Labute approximate surface area is 102 Å². The lowest BCUT2D eigenvalue weighted by molar-refractivity contribution is 0.173. The van der Waals surface area contributed by atoms with Crippen molar-refractivity contribution >= 4 is 15.9 Å². The third-order valence-electron chi connectivity index (χ3n) is 2.86. The Hall–Kier alpha value is -0.340. The van der Waals surface area contributed by atoms with Crippen LogP contribution in [-0.4, -0.2) is 22.8 Å². The van der Waals surface area contributed by atoms with Gasteiger partial charge in [-0.1, -0.05) is 45.8 Å². The zero-order chi connectivity index (χ0) is 11.5. The molecule has 1 nitrogen and oxygen atoms in total. The lowest BCUT2D eigenvalue weighted by Crippen LogP contribution is -2.41. The average Bonchev–Trinajstić information content (AvgIpc) is 2.17. The predicted octanol–water partition coefficient (Wildman–Crippen LogP) is 3.60. The van der Waals surface area contributed by atoms with Gasteiger partial charge >= 0.3 is 0 Å². The van der Waals surface area contributed by atoms with E-state index in [1.165, 1.54) is 11.1 Å². The number of hydrogen-bond acceptors (Lipinski definition) is 1. The van der Waals surface area contributed by atoms with Gasteiger partial charge in [-0.2, -0.15) is 0 Å². The number of hydrogen-bond donors (Lipinski definition) is 0. The Balaban J connectivity index is 2.70. The molecule has 0 N–H and O–H groups in total. The second-order valence-corrected chi connectivity index (χ2v) is 5.35. The van der Waals surface area contributed by atoms with Gasteiger partial charge in [0.2, 0.25) is 0 Å². The molecule has 0 aliphatic rings. The minimum atomic E-state index is 0.198. The molecule has 0 atom stereocenters. The molecule has 15 heavy (non-hydrogen) atoms. The van der Waals surface area contributed by atoms with Gasteiger partial charge in [0.15, 0.2) is 0 Å². The summed E-state index contributed by atoms with van der Waals surface area (Å²) in [6.45, 7) is 7.63. The zero-order valence-electron chi connectivity index (χ0n) is 10.0. The maximum absolute atomic E-state index is 3.56. The normalized spacial score (nSPS) is 12.1. The van der Waals surface area contributed by atoms with Crippen LogP contribution in [0.25, 0.3) is 0 Å². The third-order valence-corrected chi connectivity index (χ3v) is 4.23. The second kappa shape index (κ2) is 5.13. The Morgan fingerprint density at radius 3 is 2.53 bits per heavy atom. The topological polar surface area (TPSA) is 3.24 Å². The van der Waals surface area contributed by atoms with Crippen LogP contribution in [0.4, 0.5) is 0 Å². The van der Waals surface area contributed by atoms with Crippen LogP contribution >= 0.6 is 15.9 Å². The molecule has 1 aromatic rings. The molecule has 0 aromatic heterocycles. The molecule has 2 heteroatoms. The van der Waals surface area contributed by atoms with Crippen molar-refractivity contribution in [1.82, 2.24) is 4.90 Å². The quantitative estimate of drug-likeness (QED) is 0.756. The highest BCUT2D eigenvalue weighted by molar-refractivity contribution is 9.09. The van der Waals surface area contributed by atoms with Gasteiger partial charge < -0.3 is 0 Å². The Morgan fingerprint density at radius 1 is 1.33 bits per heavy atom. The van der Waals surface area contributed by atoms with E-state index < -0.39 is 0 Å². The van der Waals surface area contributed by atoms with E-state index in [2.05, 4.69) is 72.9 Å². The first kappa shape index (κ1) is 12.7. The number of halogens is 1. The number of rotatable bonds is 4. The van der Waals surface area contributed by atoms with Gasteiger partial charge in [0, 0.05) is 17.4 Å². The van der Waals surface area contributed by atoms with Crippen molar-refractivity contribution in [2.45, 2.75) is 32.9 Å². The largest absolute Gasteiger partial charge is 0.296 e. The standard InChI is InChI=1S/C13H20BrN/c1-11-6-5-7-12(8-11)9-15(4)13(2,3)10-14/h5-8H,9-10H2,1-4H3. The number of benzene rings is 1. The van der Waals surface area contributed by atoms with Gasteiger partial charge in [-0.3, -0.25) is 4.90 Å². The van der Waals surface area contributed by atoms with Gasteiger partial charge in [0.25, 0.3) is 0 Å². The molecule has 1 rings (SSSR count). The second-order valence-electron chi connectivity index (χ2n) is 4.79. The first-order chi connectivity index (χ1) is 6.95. The molecule has 0 spiro atoms. The van der Waals surface area contributed by atoms with Crippen molar-refractivity contribution in [2.75, 3.05) is 12.4 Å². The van der Waals surface area contributed by atoms with Crippen LogP contribution in [0.2, 0.25) is 0 Å². The smallest absolute Gasteiger partial charge is 0.0250 e. The number of alkyl halides is 1. The summed E-state index contributed by atoms with van der Waals surface area (Å²) >= 11 is 3.56. The van der Waals surface area contributed by atoms with Crippen molar-refractivity contribution in [2.24, 2.45) is 0 Å². The minimum Gasteiger partial charge on any atom is -0.296 e. The van der Waals surface area contributed by atoms with Crippen LogP contribution in [0, 0.1) is 6.92 Å². The van der Waals surface area contributed by atoms with E-state index in [9.17, 15) is 0 Å². The van der Waals surface area contributed by atoms with E-state index >= 15 is 0 Å². The Morgan fingerprint density at radius 2 is 2.00 bits per heavy atom.